The first-order valence-electron chi connectivity index (χ1n) is 7.98. The van der Waals surface area contributed by atoms with Gasteiger partial charge < -0.3 is 10.2 Å². The first kappa shape index (κ1) is 15.5. The van der Waals surface area contributed by atoms with Crippen LogP contribution in [0.4, 0.5) is 0 Å². The highest BCUT2D eigenvalue weighted by Crippen LogP contribution is 2.31. The van der Waals surface area contributed by atoms with Crippen LogP contribution in [0.15, 0.2) is 18.2 Å². The zero-order valence-corrected chi connectivity index (χ0v) is 13.6. The first-order valence-corrected chi connectivity index (χ1v) is 7.98. The summed E-state index contributed by atoms with van der Waals surface area (Å²) >= 11 is 0. The van der Waals surface area contributed by atoms with Crippen molar-refractivity contribution in [2.24, 2.45) is 0 Å². The van der Waals surface area contributed by atoms with Crippen LogP contribution in [0.25, 0.3) is 0 Å². The third-order valence-corrected chi connectivity index (χ3v) is 5.00. The van der Waals surface area contributed by atoms with Crippen molar-refractivity contribution in [1.29, 1.82) is 0 Å². The predicted octanol–water partition coefficient (Wildman–Crippen LogP) is 3.66. The topological polar surface area (TPSA) is 15.3 Å². The van der Waals surface area contributed by atoms with Crippen LogP contribution < -0.4 is 5.32 Å². The van der Waals surface area contributed by atoms with Gasteiger partial charge in [-0.1, -0.05) is 43.0 Å². The highest BCUT2D eigenvalue weighted by Gasteiger charge is 2.33. The van der Waals surface area contributed by atoms with Crippen molar-refractivity contribution in [3.63, 3.8) is 0 Å². The smallest absolute Gasteiger partial charge is 0.0328 e. The molecule has 0 aliphatic heterocycles. The van der Waals surface area contributed by atoms with Crippen LogP contribution in [-0.4, -0.2) is 31.1 Å². The molecule has 2 rings (SSSR count). The van der Waals surface area contributed by atoms with Gasteiger partial charge in [-0.2, -0.15) is 0 Å². The molecule has 0 unspecified atom stereocenters. The lowest BCUT2D eigenvalue weighted by Gasteiger charge is -2.43. The largest absolute Gasteiger partial charge is 0.311 e. The molecule has 0 atom stereocenters. The Kier molecular flexibility index (Phi) is 5.22. The monoisotopic (exact) mass is 274 g/mol. The molecule has 1 fully saturated rings. The Hall–Kier alpha value is -0.860. The van der Waals surface area contributed by atoms with E-state index in [9.17, 15) is 0 Å². The van der Waals surface area contributed by atoms with Crippen molar-refractivity contribution in [2.45, 2.75) is 58.0 Å². The molecule has 1 aliphatic rings. The van der Waals surface area contributed by atoms with E-state index >= 15 is 0 Å². The van der Waals surface area contributed by atoms with Gasteiger partial charge in [0.2, 0.25) is 0 Å². The molecule has 0 heterocycles. The van der Waals surface area contributed by atoms with Crippen LogP contribution in [0.2, 0.25) is 0 Å². The third kappa shape index (κ3) is 3.62. The van der Waals surface area contributed by atoms with Crippen LogP contribution in [0.1, 0.15) is 48.8 Å². The molecule has 1 N–H and O–H groups in total. The van der Waals surface area contributed by atoms with Crippen LogP contribution in [-0.2, 0) is 6.54 Å². The molecule has 1 saturated carbocycles. The van der Waals surface area contributed by atoms with Gasteiger partial charge in [-0.15, -0.1) is 0 Å². The van der Waals surface area contributed by atoms with Gasteiger partial charge in [0.1, 0.15) is 0 Å². The van der Waals surface area contributed by atoms with E-state index in [1.165, 1.54) is 48.8 Å². The van der Waals surface area contributed by atoms with Crippen molar-refractivity contribution in [3.05, 3.63) is 34.9 Å². The maximum absolute atomic E-state index is 3.71. The molecule has 2 heteroatoms. The van der Waals surface area contributed by atoms with E-state index in [1.807, 2.05) is 0 Å². The molecular weight excluding hydrogens is 244 g/mol. The summed E-state index contributed by atoms with van der Waals surface area (Å²) < 4.78 is 0. The minimum absolute atomic E-state index is 0.372. The molecule has 1 aromatic rings. The number of rotatable bonds is 5. The summed E-state index contributed by atoms with van der Waals surface area (Å²) in [5, 5.41) is 3.71. The maximum Gasteiger partial charge on any atom is 0.0328 e. The number of hydrogen-bond acceptors (Lipinski definition) is 2. The van der Waals surface area contributed by atoms with E-state index in [4.69, 9.17) is 0 Å². The first-order chi connectivity index (χ1) is 9.53. The molecular formula is C18H30N2. The van der Waals surface area contributed by atoms with Crippen molar-refractivity contribution in [1.82, 2.24) is 10.2 Å². The molecule has 2 nitrogen and oxygen atoms in total. The Labute approximate surface area is 124 Å². The van der Waals surface area contributed by atoms with Gasteiger partial charge in [-0.25, -0.2) is 0 Å². The molecule has 0 radical (unpaired) electrons. The SMILES string of the molecule is Cc1ccc(CNCC2(N(C)C)CCCCC2)c(C)c1. The normalized spacial score (nSPS) is 18.4. The fourth-order valence-electron chi connectivity index (χ4n) is 3.47. The van der Waals surface area contributed by atoms with Gasteiger partial charge >= 0.3 is 0 Å². The van der Waals surface area contributed by atoms with Crippen molar-refractivity contribution < 1.29 is 0 Å². The Balaban J connectivity index is 1.93. The second-order valence-electron chi connectivity index (χ2n) is 6.71. The average molecular weight is 274 g/mol. The number of aryl methyl sites for hydroxylation is 2. The number of likely N-dealkylation sites (N-methyl/N-ethyl adjacent to an activating group) is 1. The summed E-state index contributed by atoms with van der Waals surface area (Å²) in [6.45, 7) is 6.47. The maximum atomic E-state index is 3.71. The summed E-state index contributed by atoms with van der Waals surface area (Å²) in [6, 6.07) is 6.76. The van der Waals surface area contributed by atoms with Gasteiger partial charge in [0.15, 0.2) is 0 Å². The average Bonchev–Trinajstić information content (AvgIpc) is 2.42. The second-order valence-corrected chi connectivity index (χ2v) is 6.71. The summed E-state index contributed by atoms with van der Waals surface area (Å²) in [5.74, 6) is 0. The van der Waals surface area contributed by atoms with E-state index in [0.717, 1.165) is 13.1 Å². The molecule has 0 bridgehead atoms. The zero-order chi connectivity index (χ0) is 14.6. The van der Waals surface area contributed by atoms with E-state index < -0.39 is 0 Å². The zero-order valence-electron chi connectivity index (χ0n) is 13.6. The number of nitrogens with one attached hydrogen (secondary N) is 1. The van der Waals surface area contributed by atoms with E-state index in [1.54, 1.807) is 0 Å². The fourth-order valence-corrected chi connectivity index (χ4v) is 3.47. The fraction of sp³-hybridized carbons (Fsp3) is 0.667. The Morgan fingerprint density at radius 1 is 1.10 bits per heavy atom. The van der Waals surface area contributed by atoms with Crippen molar-refractivity contribution >= 4 is 0 Å². The molecule has 0 saturated heterocycles. The minimum Gasteiger partial charge on any atom is -0.311 e. The molecule has 0 spiro atoms. The molecule has 20 heavy (non-hydrogen) atoms. The van der Waals surface area contributed by atoms with Crippen molar-refractivity contribution in [2.75, 3.05) is 20.6 Å². The summed E-state index contributed by atoms with van der Waals surface area (Å²) in [6.07, 6.45) is 6.83. The van der Waals surface area contributed by atoms with Crippen LogP contribution in [0.5, 0.6) is 0 Å². The molecule has 1 aliphatic carbocycles. The summed E-state index contributed by atoms with van der Waals surface area (Å²) in [4.78, 5) is 2.45. The minimum atomic E-state index is 0.372. The van der Waals surface area contributed by atoms with Gasteiger partial charge in [-0.05, 0) is 51.9 Å². The molecule has 1 aromatic carbocycles. The van der Waals surface area contributed by atoms with Crippen LogP contribution >= 0.6 is 0 Å². The van der Waals surface area contributed by atoms with Gasteiger partial charge in [-0.3, -0.25) is 0 Å². The van der Waals surface area contributed by atoms with Gasteiger partial charge in [0, 0.05) is 18.6 Å². The Morgan fingerprint density at radius 2 is 1.80 bits per heavy atom. The lowest BCUT2D eigenvalue weighted by atomic mass is 9.80. The van der Waals surface area contributed by atoms with Gasteiger partial charge in [0.05, 0.1) is 0 Å². The summed E-state index contributed by atoms with van der Waals surface area (Å²) in [7, 11) is 4.48. The highest BCUT2D eigenvalue weighted by molar-refractivity contribution is 5.30. The lowest BCUT2D eigenvalue weighted by molar-refractivity contribution is 0.0984. The predicted molar refractivity (Wildman–Crippen MR) is 87.1 cm³/mol. The Morgan fingerprint density at radius 3 is 2.40 bits per heavy atom. The molecule has 0 aromatic heterocycles. The Bertz CT molecular complexity index is 431. The van der Waals surface area contributed by atoms with E-state index in [0.29, 0.717) is 5.54 Å². The second kappa shape index (κ2) is 6.73. The molecule has 112 valence electrons. The van der Waals surface area contributed by atoms with Crippen LogP contribution in [0, 0.1) is 13.8 Å². The van der Waals surface area contributed by atoms with Gasteiger partial charge in [0.25, 0.3) is 0 Å². The quantitative estimate of drug-likeness (QED) is 0.881. The number of hydrogen-bond donors (Lipinski definition) is 1. The van der Waals surface area contributed by atoms with Crippen LogP contribution in [0.3, 0.4) is 0 Å². The summed E-state index contributed by atoms with van der Waals surface area (Å²) in [5.41, 5.74) is 4.56. The standard InChI is InChI=1S/C18H30N2/c1-15-8-9-17(16(2)12-15)13-19-14-18(20(3)4)10-6-5-7-11-18/h8-9,12,19H,5-7,10-11,13-14H2,1-4H3. The lowest BCUT2D eigenvalue weighted by Crippen LogP contribution is -2.52. The number of nitrogens with zero attached hydrogens (tertiary/aromatic N) is 1. The van der Waals surface area contributed by atoms with E-state index in [2.05, 4.69) is 56.4 Å². The van der Waals surface area contributed by atoms with E-state index in [-0.39, 0.29) is 0 Å². The molecule has 0 amide bonds. The number of benzene rings is 1. The third-order valence-electron chi connectivity index (χ3n) is 5.00. The highest BCUT2D eigenvalue weighted by atomic mass is 15.2. The van der Waals surface area contributed by atoms with Crippen molar-refractivity contribution in [3.8, 4) is 0 Å².